The van der Waals surface area contributed by atoms with Gasteiger partial charge in [0.1, 0.15) is 0 Å². The van der Waals surface area contributed by atoms with E-state index in [1.807, 2.05) is 29.8 Å². The van der Waals surface area contributed by atoms with Crippen molar-refractivity contribution in [3.8, 4) is 0 Å². The Hall–Kier alpha value is -2.28. The zero-order valence-corrected chi connectivity index (χ0v) is 12.6. The van der Waals surface area contributed by atoms with Crippen LogP contribution < -0.4 is 5.32 Å². The lowest BCUT2D eigenvalue weighted by atomic mass is 10.2. The van der Waals surface area contributed by atoms with Crippen LogP contribution in [-0.2, 0) is 11.2 Å². The van der Waals surface area contributed by atoms with Crippen molar-refractivity contribution in [3.63, 3.8) is 0 Å². The number of nitrogens with one attached hydrogen (secondary N) is 1. The highest BCUT2D eigenvalue weighted by molar-refractivity contribution is 7.09. The molecular formula is C14H15N5OS. The Balaban J connectivity index is 1.71. The van der Waals surface area contributed by atoms with Gasteiger partial charge in [-0.3, -0.25) is 14.5 Å². The van der Waals surface area contributed by atoms with Gasteiger partial charge in [0, 0.05) is 17.5 Å². The van der Waals surface area contributed by atoms with Crippen LogP contribution >= 0.6 is 11.3 Å². The minimum atomic E-state index is -0.145. The molecule has 1 amide bonds. The molecule has 0 spiro atoms. The van der Waals surface area contributed by atoms with E-state index in [2.05, 4.69) is 34.3 Å². The Morgan fingerprint density at radius 1 is 1.38 bits per heavy atom. The van der Waals surface area contributed by atoms with Crippen LogP contribution in [0.2, 0.25) is 0 Å². The molecule has 0 saturated carbocycles. The van der Waals surface area contributed by atoms with E-state index >= 15 is 0 Å². The normalized spacial score (nSPS) is 11.2. The monoisotopic (exact) mass is 301 g/mol. The lowest BCUT2D eigenvalue weighted by molar-refractivity contribution is -0.115. The molecule has 3 aromatic rings. The van der Waals surface area contributed by atoms with Crippen LogP contribution in [0.4, 0.5) is 5.95 Å². The Morgan fingerprint density at radius 2 is 2.24 bits per heavy atom. The SMILES string of the molecule is CC(C)c1nc(CC(=O)Nc2nnc3ccccn23)cs1. The average Bonchev–Trinajstić information content (AvgIpc) is 3.07. The highest BCUT2D eigenvalue weighted by Gasteiger charge is 2.12. The first kappa shape index (κ1) is 13.7. The van der Waals surface area contributed by atoms with Crippen LogP contribution in [0, 0.1) is 0 Å². The van der Waals surface area contributed by atoms with Crippen molar-refractivity contribution in [1.29, 1.82) is 0 Å². The second kappa shape index (κ2) is 5.61. The van der Waals surface area contributed by atoms with Crippen molar-refractivity contribution in [1.82, 2.24) is 19.6 Å². The number of amides is 1. The molecule has 3 rings (SSSR count). The van der Waals surface area contributed by atoms with E-state index in [1.54, 1.807) is 15.7 Å². The molecule has 0 atom stereocenters. The Labute approximate surface area is 125 Å². The molecule has 0 radical (unpaired) electrons. The summed E-state index contributed by atoms with van der Waals surface area (Å²) in [4.78, 5) is 16.5. The van der Waals surface area contributed by atoms with Gasteiger partial charge in [0.2, 0.25) is 11.9 Å². The molecule has 7 heteroatoms. The van der Waals surface area contributed by atoms with Crippen molar-refractivity contribution in [2.75, 3.05) is 5.32 Å². The molecule has 6 nitrogen and oxygen atoms in total. The molecule has 0 aliphatic heterocycles. The molecule has 0 bridgehead atoms. The van der Waals surface area contributed by atoms with Gasteiger partial charge in [-0.25, -0.2) is 4.98 Å². The summed E-state index contributed by atoms with van der Waals surface area (Å²) in [6.07, 6.45) is 2.05. The maximum absolute atomic E-state index is 12.1. The van der Waals surface area contributed by atoms with Gasteiger partial charge < -0.3 is 0 Å². The molecule has 0 unspecified atom stereocenters. The number of nitrogens with zero attached hydrogens (tertiary/aromatic N) is 4. The maximum atomic E-state index is 12.1. The van der Waals surface area contributed by atoms with Crippen molar-refractivity contribution >= 4 is 28.8 Å². The standard InChI is InChI=1S/C14H15N5OS/c1-9(2)13-15-10(8-21-13)7-12(20)16-14-18-17-11-5-3-4-6-19(11)14/h3-6,8-9H,7H2,1-2H3,(H,16,18,20). The zero-order valence-electron chi connectivity index (χ0n) is 11.8. The van der Waals surface area contributed by atoms with E-state index in [9.17, 15) is 4.79 Å². The first-order chi connectivity index (χ1) is 10.1. The van der Waals surface area contributed by atoms with Crippen LogP contribution in [0.3, 0.4) is 0 Å². The molecule has 3 heterocycles. The summed E-state index contributed by atoms with van der Waals surface area (Å²) in [6, 6.07) is 5.57. The minimum absolute atomic E-state index is 0.145. The summed E-state index contributed by atoms with van der Waals surface area (Å²) in [5, 5.41) is 13.7. The molecule has 0 aromatic carbocycles. The van der Waals surface area contributed by atoms with Gasteiger partial charge in [0.15, 0.2) is 5.65 Å². The number of aromatic nitrogens is 4. The zero-order chi connectivity index (χ0) is 14.8. The molecule has 21 heavy (non-hydrogen) atoms. The Kier molecular flexibility index (Phi) is 3.66. The number of fused-ring (bicyclic) bond motifs is 1. The third-order valence-electron chi connectivity index (χ3n) is 2.97. The minimum Gasteiger partial charge on any atom is -0.294 e. The van der Waals surface area contributed by atoms with Gasteiger partial charge in [-0.15, -0.1) is 21.5 Å². The fourth-order valence-corrected chi connectivity index (χ4v) is 2.76. The van der Waals surface area contributed by atoms with E-state index in [4.69, 9.17) is 0 Å². The number of hydrogen-bond acceptors (Lipinski definition) is 5. The van der Waals surface area contributed by atoms with Gasteiger partial charge in [-0.05, 0) is 12.1 Å². The van der Waals surface area contributed by atoms with Gasteiger partial charge in [0.05, 0.1) is 17.1 Å². The van der Waals surface area contributed by atoms with Crippen LogP contribution in [0.25, 0.3) is 5.65 Å². The molecule has 0 aliphatic rings. The van der Waals surface area contributed by atoms with Crippen LogP contribution in [-0.4, -0.2) is 25.5 Å². The van der Waals surface area contributed by atoms with Crippen molar-refractivity contribution in [2.24, 2.45) is 0 Å². The van der Waals surface area contributed by atoms with Gasteiger partial charge >= 0.3 is 0 Å². The fourth-order valence-electron chi connectivity index (χ4n) is 1.93. The van der Waals surface area contributed by atoms with Crippen molar-refractivity contribution in [3.05, 3.63) is 40.5 Å². The van der Waals surface area contributed by atoms with E-state index in [0.29, 0.717) is 17.5 Å². The van der Waals surface area contributed by atoms with Crippen molar-refractivity contribution in [2.45, 2.75) is 26.2 Å². The number of rotatable bonds is 4. The molecule has 1 N–H and O–H groups in total. The maximum Gasteiger partial charge on any atom is 0.235 e. The Bertz CT molecular complexity index is 776. The van der Waals surface area contributed by atoms with Gasteiger partial charge in [-0.2, -0.15) is 0 Å². The largest absolute Gasteiger partial charge is 0.294 e. The van der Waals surface area contributed by atoms with Crippen LogP contribution in [0.5, 0.6) is 0 Å². The predicted octanol–water partition coefficient (Wildman–Crippen LogP) is 2.49. The lowest BCUT2D eigenvalue weighted by Crippen LogP contribution is -2.16. The predicted molar refractivity (Wildman–Crippen MR) is 81.5 cm³/mol. The number of thiazole rings is 1. The summed E-state index contributed by atoms with van der Waals surface area (Å²) in [7, 11) is 0. The van der Waals surface area contributed by atoms with Crippen LogP contribution in [0.15, 0.2) is 29.8 Å². The lowest BCUT2D eigenvalue weighted by Gasteiger charge is -2.02. The molecule has 0 aliphatic carbocycles. The second-order valence-corrected chi connectivity index (χ2v) is 5.90. The quantitative estimate of drug-likeness (QED) is 0.803. The highest BCUT2D eigenvalue weighted by atomic mass is 32.1. The number of pyridine rings is 1. The van der Waals surface area contributed by atoms with Gasteiger partial charge in [-0.1, -0.05) is 19.9 Å². The number of carbonyl (C=O) groups excluding carboxylic acids is 1. The molecule has 0 saturated heterocycles. The van der Waals surface area contributed by atoms with E-state index in [1.165, 1.54) is 0 Å². The summed E-state index contributed by atoms with van der Waals surface area (Å²) in [5.41, 5.74) is 1.48. The summed E-state index contributed by atoms with van der Waals surface area (Å²) in [5.74, 6) is 0.663. The summed E-state index contributed by atoms with van der Waals surface area (Å²) in [6.45, 7) is 4.18. The van der Waals surface area contributed by atoms with Crippen LogP contribution in [0.1, 0.15) is 30.5 Å². The van der Waals surface area contributed by atoms with Crippen molar-refractivity contribution < 1.29 is 4.79 Å². The number of hydrogen-bond donors (Lipinski definition) is 1. The number of carbonyl (C=O) groups is 1. The fraction of sp³-hybridized carbons (Fsp3) is 0.286. The first-order valence-corrected chi connectivity index (χ1v) is 7.55. The molecule has 108 valence electrons. The first-order valence-electron chi connectivity index (χ1n) is 6.67. The smallest absolute Gasteiger partial charge is 0.235 e. The van der Waals surface area contributed by atoms with E-state index in [0.717, 1.165) is 10.7 Å². The van der Waals surface area contributed by atoms with E-state index < -0.39 is 0 Å². The second-order valence-electron chi connectivity index (χ2n) is 5.01. The number of anilines is 1. The third-order valence-corrected chi connectivity index (χ3v) is 4.16. The average molecular weight is 301 g/mol. The summed E-state index contributed by atoms with van der Waals surface area (Å²) >= 11 is 1.59. The Morgan fingerprint density at radius 3 is 3.00 bits per heavy atom. The molecule has 3 aromatic heterocycles. The van der Waals surface area contributed by atoms with Gasteiger partial charge in [0.25, 0.3) is 0 Å². The molecule has 0 fully saturated rings. The van der Waals surface area contributed by atoms with E-state index in [-0.39, 0.29) is 12.3 Å². The molecular weight excluding hydrogens is 286 g/mol. The topological polar surface area (TPSA) is 72.2 Å². The highest BCUT2D eigenvalue weighted by Crippen LogP contribution is 2.19. The third kappa shape index (κ3) is 2.92. The summed E-state index contributed by atoms with van der Waals surface area (Å²) < 4.78 is 1.73.